The van der Waals surface area contributed by atoms with Gasteiger partial charge in [-0.1, -0.05) is 30.7 Å². The first-order valence-corrected chi connectivity index (χ1v) is 7.07. The Kier molecular flexibility index (Phi) is 4.66. The summed E-state index contributed by atoms with van der Waals surface area (Å²) in [6, 6.07) is 8.23. The minimum atomic E-state index is 0.200. The molecule has 0 aromatic heterocycles. The predicted molar refractivity (Wildman–Crippen MR) is 76.3 cm³/mol. The first-order chi connectivity index (χ1) is 8.65. The van der Waals surface area contributed by atoms with Crippen LogP contribution in [0.15, 0.2) is 24.3 Å². The second kappa shape index (κ2) is 6.05. The van der Waals surface area contributed by atoms with Gasteiger partial charge in [0.15, 0.2) is 0 Å². The molecular formula is C15H22ClNO. The third kappa shape index (κ3) is 3.05. The van der Waals surface area contributed by atoms with Crippen molar-refractivity contribution in [1.82, 2.24) is 5.32 Å². The number of halogens is 1. The molecular weight excluding hydrogens is 246 g/mol. The third-order valence-corrected chi connectivity index (χ3v) is 4.18. The van der Waals surface area contributed by atoms with E-state index < -0.39 is 0 Å². The summed E-state index contributed by atoms with van der Waals surface area (Å²) in [6.07, 6.45) is 1.14. The number of ether oxygens (including phenoxy) is 1. The van der Waals surface area contributed by atoms with Crippen LogP contribution >= 0.6 is 11.6 Å². The molecule has 0 aliphatic carbocycles. The molecule has 0 saturated carbocycles. The molecule has 0 bridgehead atoms. The molecule has 2 nitrogen and oxygen atoms in total. The molecule has 0 spiro atoms. The summed E-state index contributed by atoms with van der Waals surface area (Å²) in [5, 5.41) is 4.30. The molecule has 0 amide bonds. The lowest BCUT2D eigenvalue weighted by Crippen LogP contribution is -2.44. The van der Waals surface area contributed by atoms with Gasteiger partial charge in [-0.05, 0) is 37.6 Å². The van der Waals surface area contributed by atoms with Crippen LogP contribution in [0.1, 0.15) is 31.7 Å². The SMILES string of the molecule is CCOCC1(C)CCNCC1c1cccc(Cl)c1. The van der Waals surface area contributed by atoms with Crippen LogP contribution in [0.4, 0.5) is 0 Å². The fourth-order valence-electron chi connectivity index (χ4n) is 2.79. The van der Waals surface area contributed by atoms with E-state index in [0.717, 1.165) is 37.7 Å². The van der Waals surface area contributed by atoms with Crippen molar-refractivity contribution >= 4 is 11.6 Å². The van der Waals surface area contributed by atoms with Gasteiger partial charge in [0.25, 0.3) is 0 Å². The van der Waals surface area contributed by atoms with Gasteiger partial charge in [-0.25, -0.2) is 0 Å². The standard InChI is InChI=1S/C15H22ClNO/c1-3-18-11-15(2)7-8-17-10-14(15)12-5-4-6-13(16)9-12/h4-6,9,14,17H,3,7-8,10-11H2,1-2H3. The molecule has 100 valence electrons. The summed E-state index contributed by atoms with van der Waals surface area (Å²) in [4.78, 5) is 0. The highest BCUT2D eigenvalue weighted by Crippen LogP contribution is 2.41. The molecule has 1 saturated heterocycles. The van der Waals surface area contributed by atoms with Crippen LogP contribution < -0.4 is 5.32 Å². The molecule has 2 unspecified atom stereocenters. The molecule has 2 rings (SSSR count). The van der Waals surface area contributed by atoms with Crippen LogP contribution in [0.5, 0.6) is 0 Å². The van der Waals surface area contributed by atoms with Crippen molar-refractivity contribution in [3.05, 3.63) is 34.9 Å². The van der Waals surface area contributed by atoms with Crippen molar-refractivity contribution in [3.63, 3.8) is 0 Å². The Morgan fingerprint density at radius 1 is 1.50 bits per heavy atom. The molecule has 1 aliphatic rings. The smallest absolute Gasteiger partial charge is 0.0526 e. The van der Waals surface area contributed by atoms with Gasteiger partial charge in [0.1, 0.15) is 0 Å². The quantitative estimate of drug-likeness (QED) is 0.902. The average molecular weight is 268 g/mol. The molecule has 1 heterocycles. The van der Waals surface area contributed by atoms with Gasteiger partial charge in [-0.3, -0.25) is 0 Å². The highest BCUT2D eigenvalue weighted by atomic mass is 35.5. The van der Waals surface area contributed by atoms with Crippen LogP contribution in [0.25, 0.3) is 0 Å². The summed E-state index contributed by atoms with van der Waals surface area (Å²) >= 11 is 6.11. The average Bonchev–Trinajstić information content (AvgIpc) is 2.37. The Morgan fingerprint density at radius 2 is 2.33 bits per heavy atom. The van der Waals surface area contributed by atoms with Gasteiger partial charge in [0.05, 0.1) is 6.61 Å². The lowest BCUT2D eigenvalue weighted by atomic mass is 9.70. The maximum Gasteiger partial charge on any atom is 0.0526 e. The maximum atomic E-state index is 6.11. The minimum Gasteiger partial charge on any atom is -0.381 e. The number of benzene rings is 1. The first-order valence-electron chi connectivity index (χ1n) is 6.69. The van der Waals surface area contributed by atoms with E-state index in [1.807, 2.05) is 12.1 Å². The number of hydrogen-bond acceptors (Lipinski definition) is 2. The summed E-state index contributed by atoms with van der Waals surface area (Å²) in [5.74, 6) is 0.469. The Balaban J connectivity index is 2.22. The zero-order valence-electron chi connectivity index (χ0n) is 11.2. The van der Waals surface area contributed by atoms with E-state index >= 15 is 0 Å². The van der Waals surface area contributed by atoms with Crippen molar-refractivity contribution in [2.24, 2.45) is 5.41 Å². The molecule has 1 aromatic carbocycles. The Bertz CT molecular complexity index is 396. The van der Waals surface area contributed by atoms with Crippen molar-refractivity contribution in [3.8, 4) is 0 Å². The molecule has 1 N–H and O–H groups in total. The van der Waals surface area contributed by atoms with Crippen molar-refractivity contribution < 1.29 is 4.74 Å². The zero-order valence-corrected chi connectivity index (χ0v) is 12.0. The Labute approximate surface area is 115 Å². The monoisotopic (exact) mass is 267 g/mol. The maximum absolute atomic E-state index is 6.11. The minimum absolute atomic E-state index is 0.200. The van der Waals surface area contributed by atoms with Crippen molar-refractivity contribution in [1.29, 1.82) is 0 Å². The van der Waals surface area contributed by atoms with E-state index in [9.17, 15) is 0 Å². The van der Waals surface area contributed by atoms with E-state index in [1.165, 1.54) is 5.56 Å². The van der Waals surface area contributed by atoms with Crippen molar-refractivity contribution in [2.75, 3.05) is 26.3 Å². The van der Waals surface area contributed by atoms with E-state index in [4.69, 9.17) is 16.3 Å². The van der Waals surface area contributed by atoms with Crippen LogP contribution in [-0.2, 0) is 4.74 Å². The normalized spacial score (nSPS) is 28.3. The van der Waals surface area contributed by atoms with Crippen LogP contribution in [0, 0.1) is 5.41 Å². The summed E-state index contributed by atoms with van der Waals surface area (Å²) in [7, 11) is 0. The van der Waals surface area contributed by atoms with E-state index in [1.54, 1.807) is 0 Å². The highest BCUT2D eigenvalue weighted by Gasteiger charge is 2.37. The lowest BCUT2D eigenvalue weighted by molar-refractivity contribution is 0.0279. The fourth-order valence-corrected chi connectivity index (χ4v) is 2.99. The predicted octanol–water partition coefficient (Wildman–Crippen LogP) is 3.46. The second-order valence-corrected chi connectivity index (χ2v) is 5.79. The Morgan fingerprint density at radius 3 is 3.06 bits per heavy atom. The van der Waals surface area contributed by atoms with Gasteiger partial charge >= 0.3 is 0 Å². The molecule has 1 aliphatic heterocycles. The lowest BCUT2D eigenvalue weighted by Gasteiger charge is -2.42. The highest BCUT2D eigenvalue weighted by molar-refractivity contribution is 6.30. The molecule has 1 aromatic rings. The van der Waals surface area contributed by atoms with Crippen LogP contribution in [0.2, 0.25) is 5.02 Å². The van der Waals surface area contributed by atoms with E-state index in [2.05, 4.69) is 31.3 Å². The largest absolute Gasteiger partial charge is 0.381 e. The van der Waals surface area contributed by atoms with Crippen LogP contribution in [0.3, 0.4) is 0 Å². The summed E-state index contributed by atoms with van der Waals surface area (Å²) in [6.45, 7) is 8.06. The van der Waals surface area contributed by atoms with E-state index in [-0.39, 0.29) is 5.41 Å². The molecule has 18 heavy (non-hydrogen) atoms. The second-order valence-electron chi connectivity index (χ2n) is 5.35. The molecule has 2 atom stereocenters. The van der Waals surface area contributed by atoms with Gasteiger partial charge in [0, 0.05) is 29.5 Å². The number of hydrogen-bond donors (Lipinski definition) is 1. The number of rotatable bonds is 4. The zero-order chi connectivity index (χ0) is 13.0. The molecule has 3 heteroatoms. The molecule has 1 fully saturated rings. The van der Waals surface area contributed by atoms with Crippen LogP contribution in [-0.4, -0.2) is 26.3 Å². The van der Waals surface area contributed by atoms with Crippen molar-refractivity contribution in [2.45, 2.75) is 26.2 Å². The number of piperidine rings is 1. The summed E-state index contributed by atoms with van der Waals surface area (Å²) < 4.78 is 5.70. The fraction of sp³-hybridized carbons (Fsp3) is 0.600. The number of nitrogens with one attached hydrogen (secondary N) is 1. The van der Waals surface area contributed by atoms with Gasteiger partial charge < -0.3 is 10.1 Å². The van der Waals surface area contributed by atoms with Gasteiger partial charge in [-0.15, -0.1) is 0 Å². The first kappa shape index (κ1) is 13.9. The summed E-state index contributed by atoms with van der Waals surface area (Å²) in [5.41, 5.74) is 1.52. The topological polar surface area (TPSA) is 21.3 Å². The molecule has 0 radical (unpaired) electrons. The van der Waals surface area contributed by atoms with Gasteiger partial charge in [0.2, 0.25) is 0 Å². The van der Waals surface area contributed by atoms with Gasteiger partial charge in [-0.2, -0.15) is 0 Å². The van der Waals surface area contributed by atoms with E-state index in [0.29, 0.717) is 5.92 Å². The Hall–Kier alpha value is -0.570. The third-order valence-electron chi connectivity index (χ3n) is 3.95.